The van der Waals surface area contributed by atoms with Gasteiger partial charge in [0.15, 0.2) is 0 Å². The van der Waals surface area contributed by atoms with Crippen molar-refractivity contribution in [2.24, 2.45) is 0 Å². The minimum Gasteiger partial charge on any atom is -0.459 e. The van der Waals surface area contributed by atoms with Crippen molar-refractivity contribution >= 4 is 41.2 Å². The number of esters is 1. The number of aromatic nitrogens is 2. The molecule has 3 aliphatic rings. The van der Waals surface area contributed by atoms with Crippen LogP contribution in [0.3, 0.4) is 0 Å². The molecule has 0 unspecified atom stereocenters. The maximum Gasteiger partial charge on any atom is 0.329 e. The van der Waals surface area contributed by atoms with Crippen LogP contribution in [0.2, 0.25) is 5.02 Å². The summed E-state index contributed by atoms with van der Waals surface area (Å²) in [6.07, 6.45) is 1.45. The molecular weight excluding hydrogens is 508 g/mol. The van der Waals surface area contributed by atoms with E-state index in [-0.39, 0.29) is 30.4 Å². The summed E-state index contributed by atoms with van der Waals surface area (Å²) in [5.41, 5.74) is 1.97. The molecule has 0 bridgehead atoms. The lowest BCUT2D eigenvalue weighted by atomic mass is 10.2. The average molecular weight is 541 g/mol. The Bertz CT molecular complexity index is 1250. The minimum atomic E-state index is -0.501. The third-order valence-electron chi connectivity index (χ3n) is 7.46. The Labute approximate surface area is 227 Å². The summed E-state index contributed by atoms with van der Waals surface area (Å²) < 4.78 is 5.69. The molecule has 202 valence electrons. The van der Waals surface area contributed by atoms with E-state index >= 15 is 0 Å². The van der Waals surface area contributed by atoms with Gasteiger partial charge >= 0.3 is 5.97 Å². The van der Waals surface area contributed by atoms with Gasteiger partial charge in [0, 0.05) is 56.3 Å². The molecule has 2 aromatic rings. The van der Waals surface area contributed by atoms with Crippen molar-refractivity contribution in [1.82, 2.24) is 19.8 Å². The zero-order chi connectivity index (χ0) is 27.0. The van der Waals surface area contributed by atoms with E-state index in [1.54, 1.807) is 28.9 Å². The first-order valence-electron chi connectivity index (χ1n) is 13.1. The predicted molar refractivity (Wildman–Crippen MR) is 143 cm³/mol. The molecule has 11 heteroatoms. The van der Waals surface area contributed by atoms with Crippen LogP contribution in [0, 0.1) is 0 Å². The molecule has 2 saturated heterocycles. The number of hydrogen-bond donors (Lipinski definition) is 0. The number of piperazine rings is 1. The fourth-order valence-corrected chi connectivity index (χ4v) is 5.53. The number of ether oxygens (including phenoxy) is 1. The lowest BCUT2D eigenvalue weighted by Gasteiger charge is -2.35. The topological polar surface area (TPSA) is 99.2 Å². The predicted octanol–water partition coefficient (Wildman–Crippen LogP) is 2.87. The van der Waals surface area contributed by atoms with Gasteiger partial charge in [0.2, 0.25) is 11.9 Å². The van der Waals surface area contributed by atoms with Gasteiger partial charge in [-0.3, -0.25) is 9.59 Å². The van der Waals surface area contributed by atoms with Crippen LogP contribution in [-0.4, -0.2) is 82.4 Å². The van der Waals surface area contributed by atoms with Gasteiger partial charge in [-0.05, 0) is 44.4 Å². The third kappa shape index (κ3) is 5.14. The highest BCUT2D eigenvalue weighted by atomic mass is 35.5. The molecule has 1 aromatic heterocycles. The van der Waals surface area contributed by atoms with Gasteiger partial charge in [0.1, 0.15) is 24.2 Å². The SMILES string of the molecule is CC(=O)N1CCN(c2nc3c(c(N4CCC[C@@H]4C(=O)OCc4cccc(Cl)c4)n2)CN(C(C)C)C3=O)CC1. The van der Waals surface area contributed by atoms with Crippen molar-refractivity contribution < 1.29 is 19.1 Å². The van der Waals surface area contributed by atoms with E-state index in [1.807, 2.05) is 35.8 Å². The zero-order valence-corrected chi connectivity index (χ0v) is 22.8. The molecule has 0 radical (unpaired) electrons. The fraction of sp³-hybridized carbons (Fsp3) is 0.519. The second kappa shape index (κ2) is 10.8. The second-order valence-corrected chi connectivity index (χ2v) is 10.7. The minimum absolute atomic E-state index is 0.00384. The average Bonchev–Trinajstić information content (AvgIpc) is 3.52. The number of halogens is 1. The number of benzene rings is 1. The van der Waals surface area contributed by atoms with E-state index in [4.69, 9.17) is 26.3 Å². The van der Waals surface area contributed by atoms with Crippen molar-refractivity contribution in [3.05, 3.63) is 46.1 Å². The van der Waals surface area contributed by atoms with E-state index in [1.165, 1.54) is 0 Å². The normalized spacial score (nSPS) is 19.4. The standard InChI is InChI=1S/C27H33ClN6O4/c1-17(2)34-15-21-23(25(34)36)29-27(32-12-10-31(11-13-32)18(3)35)30-24(21)33-9-5-8-22(33)26(37)38-16-19-6-4-7-20(28)14-19/h4,6-7,14,17,22H,5,8-13,15-16H2,1-3H3/t22-/m1/s1. The quantitative estimate of drug-likeness (QED) is 0.516. The highest BCUT2D eigenvalue weighted by Gasteiger charge is 2.40. The molecule has 2 amide bonds. The summed E-state index contributed by atoms with van der Waals surface area (Å²) in [4.78, 5) is 55.6. The van der Waals surface area contributed by atoms with Crippen LogP contribution in [0.15, 0.2) is 24.3 Å². The summed E-state index contributed by atoms with van der Waals surface area (Å²) in [6.45, 7) is 8.98. The van der Waals surface area contributed by atoms with Gasteiger partial charge in [-0.25, -0.2) is 9.78 Å². The lowest BCUT2D eigenvalue weighted by Crippen LogP contribution is -2.49. The van der Waals surface area contributed by atoms with Crippen molar-refractivity contribution in [2.45, 2.75) is 58.8 Å². The molecule has 38 heavy (non-hydrogen) atoms. The Balaban J connectivity index is 1.43. The van der Waals surface area contributed by atoms with Crippen LogP contribution in [0.5, 0.6) is 0 Å². The molecule has 5 rings (SSSR count). The van der Waals surface area contributed by atoms with Crippen LogP contribution in [0.1, 0.15) is 55.2 Å². The molecular formula is C27H33ClN6O4. The Hall–Kier alpha value is -3.40. The summed E-state index contributed by atoms with van der Waals surface area (Å²) in [5.74, 6) is 0.675. The fourth-order valence-electron chi connectivity index (χ4n) is 5.32. The summed E-state index contributed by atoms with van der Waals surface area (Å²) in [5, 5.41) is 0.591. The highest BCUT2D eigenvalue weighted by Crippen LogP contribution is 2.36. The van der Waals surface area contributed by atoms with Gasteiger partial charge < -0.3 is 24.3 Å². The number of fused-ring (bicyclic) bond motifs is 1. The van der Waals surface area contributed by atoms with Gasteiger partial charge in [-0.1, -0.05) is 23.7 Å². The third-order valence-corrected chi connectivity index (χ3v) is 7.70. The maximum atomic E-state index is 13.3. The van der Waals surface area contributed by atoms with Crippen LogP contribution >= 0.6 is 11.6 Å². The van der Waals surface area contributed by atoms with Gasteiger partial charge in [-0.2, -0.15) is 4.98 Å². The van der Waals surface area contributed by atoms with E-state index in [9.17, 15) is 14.4 Å². The lowest BCUT2D eigenvalue weighted by molar-refractivity contribution is -0.146. The van der Waals surface area contributed by atoms with E-state index in [0.29, 0.717) is 68.2 Å². The zero-order valence-electron chi connectivity index (χ0n) is 22.0. The van der Waals surface area contributed by atoms with Crippen LogP contribution in [0.4, 0.5) is 11.8 Å². The Morgan fingerprint density at radius 2 is 1.89 bits per heavy atom. The van der Waals surface area contributed by atoms with Gasteiger partial charge in [-0.15, -0.1) is 0 Å². The van der Waals surface area contributed by atoms with Crippen LogP contribution < -0.4 is 9.80 Å². The first-order chi connectivity index (χ1) is 18.2. The summed E-state index contributed by atoms with van der Waals surface area (Å²) >= 11 is 6.07. The molecule has 0 aliphatic carbocycles. The van der Waals surface area contributed by atoms with Crippen LogP contribution in [0.25, 0.3) is 0 Å². The van der Waals surface area contributed by atoms with E-state index in [2.05, 4.69) is 0 Å². The summed E-state index contributed by atoms with van der Waals surface area (Å²) in [6, 6.07) is 6.76. The monoisotopic (exact) mass is 540 g/mol. The molecule has 10 nitrogen and oxygen atoms in total. The second-order valence-electron chi connectivity index (χ2n) is 10.3. The van der Waals surface area contributed by atoms with Crippen molar-refractivity contribution in [1.29, 1.82) is 0 Å². The van der Waals surface area contributed by atoms with Gasteiger partial charge in [0.05, 0.1) is 6.54 Å². The van der Waals surface area contributed by atoms with E-state index < -0.39 is 6.04 Å². The van der Waals surface area contributed by atoms with Crippen molar-refractivity contribution in [3.63, 3.8) is 0 Å². The molecule has 0 N–H and O–H groups in total. The van der Waals surface area contributed by atoms with E-state index in [0.717, 1.165) is 17.5 Å². The first-order valence-corrected chi connectivity index (χ1v) is 13.5. The molecule has 2 fully saturated rings. The number of anilines is 2. The van der Waals surface area contributed by atoms with Crippen molar-refractivity contribution in [2.75, 3.05) is 42.5 Å². The molecule has 3 aliphatic heterocycles. The Kier molecular flexibility index (Phi) is 7.43. The van der Waals surface area contributed by atoms with Gasteiger partial charge in [0.25, 0.3) is 5.91 Å². The van der Waals surface area contributed by atoms with Crippen LogP contribution in [-0.2, 0) is 27.5 Å². The molecule has 0 saturated carbocycles. The molecule has 1 aromatic carbocycles. The molecule has 0 spiro atoms. The highest BCUT2D eigenvalue weighted by molar-refractivity contribution is 6.30. The first kappa shape index (κ1) is 26.2. The molecule has 4 heterocycles. The number of carbonyl (C=O) groups is 3. The maximum absolute atomic E-state index is 13.3. The molecule has 1 atom stereocenters. The number of hydrogen-bond acceptors (Lipinski definition) is 8. The van der Waals surface area contributed by atoms with Crippen molar-refractivity contribution in [3.8, 4) is 0 Å². The summed E-state index contributed by atoms with van der Waals surface area (Å²) in [7, 11) is 0. The number of carbonyl (C=O) groups excluding carboxylic acids is 3. The largest absolute Gasteiger partial charge is 0.459 e. The number of rotatable bonds is 6. The number of nitrogens with zero attached hydrogens (tertiary/aromatic N) is 6. The number of amides is 2. The smallest absolute Gasteiger partial charge is 0.329 e. The Morgan fingerprint density at radius 1 is 1.13 bits per heavy atom. The Morgan fingerprint density at radius 3 is 2.58 bits per heavy atom.